The number of quaternary nitrogens is 3. The number of likely N-dealkylation sites (N-methyl/N-ethyl adjacent to an activating group) is 3. The van der Waals surface area contributed by atoms with Gasteiger partial charge in [0.05, 0.1) is 0 Å². The first-order valence-electron chi connectivity index (χ1n) is 6.29. The Kier molecular flexibility index (Phi) is 3.30. The van der Waals surface area contributed by atoms with Crippen LogP contribution in [0.15, 0.2) is 0 Å². The van der Waals surface area contributed by atoms with E-state index < -0.39 is 16.6 Å². The molecule has 0 N–H and O–H groups in total. The Morgan fingerprint density at radius 3 is 1.84 bits per heavy atom. The Labute approximate surface area is 117 Å². The molecule has 19 heavy (non-hydrogen) atoms. The molecule has 3 nitrogen and oxygen atoms in total. The fourth-order valence-corrected chi connectivity index (χ4v) is 5.49. The summed E-state index contributed by atoms with van der Waals surface area (Å²) in [5.41, 5.74) is 0. The van der Waals surface area contributed by atoms with E-state index in [2.05, 4.69) is 0 Å². The van der Waals surface area contributed by atoms with Gasteiger partial charge < -0.3 is 0 Å². The molecule has 0 aliphatic carbocycles. The Balaban J connectivity index is 3.14. The summed E-state index contributed by atoms with van der Waals surface area (Å²) in [5.74, 6) is 0. The van der Waals surface area contributed by atoms with Gasteiger partial charge in [-0.1, -0.05) is 0 Å². The van der Waals surface area contributed by atoms with Crippen molar-refractivity contribution in [3.05, 3.63) is 0 Å². The second-order valence-corrected chi connectivity index (χ2v) is 12.2. The maximum atomic E-state index is 14.6. The van der Waals surface area contributed by atoms with Crippen LogP contribution in [0.2, 0.25) is 0 Å². The molecule has 9 heteroatoms. The summed E-state index contributed by atoms with van der Waals surface area (Å²) in [5, 5.41) is 0. The van der Waals surface area contributed by atoms with Gasteiger partial charge in [0.25, 0.3) is 0 Å². The third kappa shape index (κ3) is 2.12. The molecule has 0 amide bonds. The first-order valence-corrected chi connectivity index (χ1v) is 9.23. The Morgan fingerprint density at radius 1 is 1.05 bits per heavy atom. The summed E-state index contributed by atoms with van der Waals surface area (Å²) in [7, 11) is -2.39. The van der Waals surface area contributed by atoms with Crippen molar-refractivity contribution in [2.24, 2.45) is 0 Å². The molecule has 1 atom stereocenters. The van der Waals surface area contributed by atoms with E-state index in [-0.39, 0.29) is 36.7 Å². The molecule has 118 valence electrons. The van der Waals surface area contributed by atoms with Gasteiger partial charge in [-0.25, -0.2) is 0 Å². The molecule has 1 aliphatic rings. The van der Waals surface area contributed by atoms with E-state index in [1.807, 2.05) is 0 Å². The third-order valence-electron chi connectivity index (χ3n) is 4.92. The first-order chi connectivity index (χ1) is 8.02. The van der Waals surface area contributed by atoms with E-state index in [4.69, 9.17) is 11.6 Å². The Hall–Kier alpha value is 0.107. The molecular weight excluding hydrogens is 302 g/mol. The number of hydrogen-bond acceptors (Lipinski definition) is 0. The predicted molar refractivity (Wildman–Crippen MR) is 70.8 cm³/mol. The average Bonchev–Trinajstić information content (AvgIpc) is 2.31. The van der Waals surface area contributed by atoms with Gasteiger partial charge in [0, 0.05) is 0 Å². The van der Waals surface area contributed by atoms with Gasteiger partial charge in [-0.2, -0.15) is 0 Å². The second-order valence-electron chi connectivity index (χ2n) is 7.24. The van der Waals surface area contributed by atoms with Crippen molar-refractivity contribution in [2.45, 2.75) is 0 Å². The van der Waals surface area contributed by atoms with Crippen molar-refractivity contribution in [3.8, 4) is 0 Å². The molecule has 0 aromatic heterocycles. The molecule has 1 saturated heterocycles. The fourth-order valence-electron chi connectivity index (χ4n) is 2.44. The molecule has 0 aromatic carbocycles. The zero-order chi connectivity index (χ0) is 15.4. The van der Waals surface area contributed by atoms with Crippen molar-refractivity contribution in [3.63, 3.8) is 0 Å². The number of nitrogens with zero attached hydrogens (tertiary/aromatic N) is 3. The number of alkyl halides is 1. The quantitative estimate of drug-likeness (QED) is 0.185. The molecule has 1 aliphatic heterocycles. The van der Waals surface area contributed by atoms with Crippen LogP contribution in [-0.4, -0.2) is 88.5 Å². The number of hydrogen-bond donors (Lipinski definition) is 0. The van der Waals surface area contributed by atoms with Gasteiger partial charge >= 0.3 is 117 Å². The number of rotatable bonds is 4. The van der Waals surface area contributed by atoms with E-state index in [0.717, 1.165) is 21.1 Å². The van der Waals surface area contributed by atoms with E-state index >= 15 is 0 Å². The summed E-state index contributed by atoms with van der Waals surface area (Å²) in [6.07, 6.45) is 0. The van der Waals surface area contributed by atoms with Crippen molar-refractivity contribution < 1.29 is 29.2 Å². The molecule has 1 heterocycles. The van der Waals surface area contributed by atoms with E-state index in [1.165, 1.54) is 0 Å². The SMILES string of the molecule is C[N+](C)(CCl)CC[N@@+]1(C)CC[N+](C)(C)[Si-2]1(F)(F)(F)F. The summed E-state index contributed by atoms with van der Waals surface area (Å²) in [4.78, 5) is 0. The van der Waals surface area contributed by atoms with Crippen LogP contribution in [-0.2, 0) is 0 Å². The molecule has 0 aromatic rings. The third-order valence-corrected chi connectivity index (χ3v) is 10.7. The molecule has 0 radical (unpaired) electrons. The molecule has 0 saturated carbocycles. The van der Waals surface area contributed by atoms with Crippen LogP contribution in [0.25, 0.3) is 0 Å². The van der Waals surface area contributed by atoms with Gasteiger partial charge in [0.2, 0.25) is 0 Å². The van der Waals surface area contributed by atoms with E-state index in [9.17, 15) is 16.4 Å². The zero-order valence-corrected chi connectivity index (χ0v) is 14.0. The predicted octanol–water partition coefficient (Wildman–Crippen LogP) is 2.01. The van der Waals surface area contributed by atoms with Gasteiger partial charge in [-0.05, 0) is 0 Å². The summed E-state index contributed by atoms with van der Waals surface area (Å²) in [6.45, 7) is -0.503. The molecular formula is C10H25ClF4N3Si+. The van der Waals surface area contributed by atoms with E-state index in [1.54, 1.807) is 14.1 Å². The van der Waals surface area contributed by atoms with Crippen molar-refractivity contribution in [1.29, 1.82) is 0 Å². The molecule has 0 unspecified atom stereocenters. The summed E-state index contributed by atoms with van der Waals surface area (Å²) >= 11 is 5.72. The minimum atomic E-state index is -8.75. The topological polar surface area (TPSA) is 0 Å². The zero-order valence-electron chi connectivity index (χ0n) is 12.3. The monoisotopic (exact) mass is 326 g/mol. The Morgan fingerprint density at radius 2 is 1.53 bits per heavy atom. The minimum absolute atomic E-state index is 0.191. The van der Waals surface area contributed by atoms with Gasteiger partial charge in [-0.3, -0.25) is 0 Å². The van der Waals surface area contributed by atoms with Crippen molar-refractivity contribution >= 4 is 19.9 Å². The summed E-state index contributed by atoms with van der Waals surface area (Å²) < 4.78 is 55.5. The van der Waals surface area contributed by atoms with Crippen LogP contribution in [0.4, 0.5) is 16.4 Å². The normalized spacial score (nSPS) is 38.8. The fraction of sp³-hybridized carbons (Fsp3) is 1.00. The molecule has 0 spiro atoms. The molecule has 1 rings (SSSR count). The average molecular weight is 327 g/mol. The van der Waals surface area contributed by atoms with E-state index in [0.29, 0.717) is 0 Å². The van der Waals surface area contributed by atoms with Crippen LogP contribution in [0.1, 0.15) is 0 Å². The molecule has 1 fully saturated rings. The summed E-state index contributed by atoms with van der Waals surface area (Å²) in [6, 6.07) is 0.205. The molecule has 0 bridgehead atoms. The first kappa shape index (κ1) is 17.2. The van der Waals surface area contributed by atoms with Crippen LogP contribution in [0, 0.1) is 0 Å². The van der Waals surface area contributed by atoms with Gasteiger partial charge in [-0.15, -0.1) is 0 Å². The van der Waals surface area contributed by atoms with Crippen LogP contribution >= 0.6 is 11.6 Å². The van der Waals surface area contributed by atoms with Crippen molar-refractivity contribution in [1.82, 2.24) is 0 Å². The number of halogens is 5. The maximum absolute atomic E-state index is 14.6. The Bertz CT molecular complexity index is 394. The second kappa shape index (κ2) is 3.65. The van der Waals surface area contributed by atoms with Gasteiger partial charge in [0.1, 0.15) is 0 Å². The van der Waals surface area contributed by atoms with Gasteiger partial charge in [0.15, 0.2) is 0 Å². The van der Waals surface area contributed by atoms with Crippen molar-refractivity contribution in [2.75, 3.05) is 67.4 Å². The van der Waals surface area contributed by atoms with Crippen LogP contribution in [0.5, 0.6) is 0 Å². The standard InChI is InChI=1S/C10H25ClF4N3Si/c1-16(2,10-11)6-8-18(5)9-7-17(3,4)19(18,12,13,14)15/h6-10H2,1-5H3/q+1/t18-/m0/s1. The van der Waals surface area contributed by atoms with Crippen LogP contribution < -0.4 is 0 Å². The van der Waals surface area contributed by atoms with Crippen LogP contribution in [0.3, 0.4) is 0 Å².